The highest BCUT2D eigenvalue weighted by Crippen LogP contribution is 2.20. The minimum Gasteiger partial charge on any atom is -0.356 e. The molecule has 0 aliphatic carbocycles. The number of rotatable bonds is 3. The molecule has 0 amide bonds. The second kappa shape index (κ2) is 7.00. The van der Waals surface area contributed by atoms with Gasteiger partial charge in [0.1, 0.15) is 5.82 Å². The first-order valence-electron chi connectivity index (χ1n) is 6.55. The van der Waals surface area contributed by atoms with Crippen LogP contribution in [-0.2, 0) is 0 Å². The molecule has 1 atom stereocenters. The highest BCUT2D eigenvalue weighted by atomic mass is 79.9. The molecule has 5 heteroatoms. The zero-order valence-corrected chi connectivity index (χ0v) is 14.2. The maximum absolute atomic E-state index is 12.9. The van der Waals surface area contributed by atoms with Crippen LogP contribution in [0.15, 0.2) is 46.9 Å². The van der Waals surface area contributed by atoms with E-state index in [1.165, 1.54) is 12.1 Å². The summed E-state index contributed by atoms with van der Waals surface area (Å²) in [6.45, 7) is 4.00. The third-order valence-electron chi connectivity index (χ3n) is 3.13. The van der Waals surface area contributed by atoms with E-state index in [1.807, 2.05) is 32.0 Å². The molecule has 0 aliphatic heterocycles. The summed E-state index contributed by atoms with van der Waals surface area (Å²) in [4.78, 5) is 0. The Kier molecular flexibility index (Phi) is 5.31. The molecule has 2 nitrogen and oxygen atoms in total. The van der Waals surface area contributed by atoms with E-state index >= 15 is 0 Å². The maximum Gasteiger partial charge on any atom is 0.171 e. The van der Waals surface area contributed by atoms with E-state index in [-0.39, 0.29) is 11.9 Å². The van der Waals surface area contributed by atoms with Crippen molar-refractivity contribution in [2.24, 2.45) is 0 Å². The van der Waals surface area contributed by atoms with Gasteiger partial charge in [0, 0.05) is 10.2 Å². The molecule has 0 unspecified atom stereocenters. The first kappa shape index (κ1) is 15.9. The Morgan fingerprint density at radius 2 is 1.86 bits per heavy atom. The zero-order chi connectivity index (χ0) is 15.4. The Morgan fingerprint density at radius 1 is 1.19 bits per heavy atom. The molecule has 110 valence electrons. The Balaban J connectivity index is 1.97. The highest BCUT2D eigenvalue weighted by Gasteiger charge is 2.07. The number of thiocarbonyl (C=S) groups is 1. The van der Waals surface area contributed by atoms with Gasteiger partial charge in [-0.25, -0.2) is 4.39 Å². The number of nitrogens with one attached hydrogen (secondary N) is 2. The van der Waals surface area contributed by atoms with Crippen molar-refractivity contribution in [2.45, 2.75) is 19.9 Å². The van der Waals surface area contributed by atoms with Crippen molar-refractivity contribution in [3.63, 3.8) is 0 Å². The predicted molar refractivity (Wildman–Crippen MR) is 93.1 cm³/mol. The number of halogens is 2. The van der Waals surface area contributed by atoms with Gasteiger partial charge in [-0.15, -0.1) is 0 Å². The van der Waals surface area contributed by atoms with Gasteiger partial charge in [-0.05, 0) is 67.5 Å². The SMILES string of the molecule is Cc1cc(NC(=S)N[C@H](C)c2ccc(F)cc2)ccc1Br. The van der Waals surface area contributed by atoms with Crippen LogP contribution in [0.5, 0.6) is 0 Å². The summed E-state index contributed by atoms with van der Waals surface area (Å²) < 4.78 is 14.0. The van der Waals surface area contributed by atoms with E-state index in [1.54, 1.807) is 12.1 Å². The first-order valence-corrected chi connectivity index (χ1v) is 7.75. The van der Waals surface area contributed by atoms with Gasteiger partial charge >= 0.3 is 0 Å². The lowest BCUT2D eigenvalue weighted by Crippen LogP contribution is -2.30. The number of benzene rings is 2. The van der Waals surface area contributed by atoms with Crippen LogP contribution in [-0.4, -0.2) is 5.11 Å². The summed E-state index contributed by atoms with van der Waals surface area (Å²) in [5.41, 5.74) is 3.04. The number of hydrogen-bond acceptors (Lipinski definition) is 1. The third-order valence-corrected chi connectivity index (χ3v) is 4.24. The Labute approximate surface area is 137 Å². The first-order chi connectivity index (χ1) is 9.95. The lowest BCUT2D eigenvalue weighted by atomic mass is 10.1. The van der Waals surface area contributed by atoms with Crippen LogP contribution in [0, 0.1) is 12.7 Å². The standard InChI is InChI=1S/C16H16BrFN2S/c1-10-9-14(7-8-15(10)17)20-16(21)19-11(2)12-3-5-13(18)6-4-12/h3-9,11H,1-2H3,(H2,19,20,21)/t11-/m1/s1. The fourth-order valence-corrected chi connectivity index (χ4v) is 2.46. The molecule has 0 spiro atoms. The molecular formula is C16H16BrFN2S. The molecule has 2 N–H and O–H groups in total. The van der Waals surface area contributed by atoms with E-state index in [2.05, 4.69) is 26.6 Å². The molecule has 0 radical (unpaired) electrons. The van der Waals surface area contributed by atoms with Gasteiger partial charge in [-0.2, -0.15) is 0 Å². The normalized spacial score (nSPS) is 11.8. The molecule has 0 fully saturated rings. The Bertz CT molecular complexity index is 643. The summed E-state index contributed by atoms with van der Waals surface area (Å²) in [6.07, 6.45) is 0. The molecule has 21 heavy (non-hydrogen) atoms. The quantitative estimate of drug-likeness (QED) is 0.751. The summed E-state index contributed by atoms with van der Waals surface area (Å²) >= 11 is 8.77. The average Bonchev–Trinajstić information content (AvgIpc) is 2.43. The fraction of sp³-hybridized carbons (Fsp3) is 0.188. The van der Waals surface area contributed by atoms with Crippen LogP contribution < -0.4 is 10.6 Å². The van der Waals surface area contributed by atoms with Crippen LogP contribution in [0.25, 0.3) is 0 Å². The van der Waals surface area contributed by atoms with Gasteiger partial charge in [0.05, 0.1) is 6.04 Å². The Morgan fingerprint density at radius 3 is 2.48 bits per heavy atom. The molecular weight excluding hydrogens is 351 g/mol. The fourth-order valence-electron chi connectivity index (χ4n) is 1.92. The minimum atomic E-state index is -0.239. The summed E-state index contributed by atoms with van der Waals surface area (Å²) in [5.74, 6) is -0.239. The topological polar surface area (TPSA) is 24.1 Å². The maximum atomic E-state index is 12.9. The molecule has 0 heterocycles. The highest BCUT2D eigenvalue weighted by molar-refractivity contribution is 9.10. The van der Waals surface area contributed by atoms with E-state index < -0.39 is 0 Å². The average molecular weight is 367 g/mol. The van der Waals surface area contributed by atoms with Crippen molar-refractivity contribution >= 4 is 38.9 Å². The van der Waals surface area contributed by atoms with Crippen molar-refractivity contribution < 1.29 is 4.39 Å². The van der Waals surface area contributed by atoms with E-state index in [4.69, 9.17) is 12.2 Å². The van der Waals surface area contributed by atoms with Crippen LogP contribution >= 0.6 is 28.1 Å². The number of hydrogen-bond donors (Lipinski definition) is 2. The van der Waals surface area contributed by atoms with Crippen LogP contribution in [0.3, 0.4) is 0 Å². The van der Waals surface area contributed by atoms with E-state index in [9.17, 15) is 4.39 Å². The van der Waals surface area contributed by atoms with Gasteiger partial charge in [-0.1, -0.05) is 28.1 Å². The third kappa shape index (κ3) is 4.51. The van der Waals surface area contributed by atoms with Crippen molar-refractivity contribution in [1.82, 2.24) is 5.32 Å². The van der Waals surface area contributed by atoms with Crippen molar-refractivity contribution in [3.05, 3.63) is 63.9 Å². The summed E-state index contributed by atoms with van der Waals surface area (Å²) in [5, 5.41) is 6.87. The van der Waals surface area contributed by atoms with Gasteiger partial charge in [0.2, 0.25) is 0 Å². The lowest BCUT2D eigenvalue weighted by Gasteiger charge is -2.17. The molecule has 0 aromatic heterocycles. The van der Waals surface area contributed by atoms with Crippen molar-refractivity contribution in [2.75, 3.05) is 5.32 Å². The molecule has 2 rings (SSSR count). The van der Waals surface area contributed by atoms with Gasteiger partial charge in [0.15, 0.2) is 5.11 Å². The molecule has 0 saturated heterocycles. The van der Waals surface area contributed by atoms with Crippen molar-refractivity contribution in [3.8, 4) is 0 Å². The smallest absolute Gasteiger partial charge is 0.171 e. The lowest BCUT2D eigenvalue weighted by molar-refractivity contribution is 0.624. The van der Waals surface area contributed by atoms with Gasteiger partial charge in [-0.3, -0.25) is 0 Å². The Hall–Kier alpha value is -1.46. The minimum absolute atomic E-state index is 0.00199. The predicted octanol–water partition coefficient (Wildman–Crippen LogP) is 4.94. The number of anilines is 1. The van der Waals surface area contributed by atoms with Crippen molar-refractivity contribution in [1.29, 1.82) is 0 Å². The monoisotopic (exact) mass is 366 g/mol. The van der Waals surface area contributed by atoms with Crippen LogP contribution in [0.4, 0.5) is 10.1 Å². The molecule has 0 aliphatic rings. The molecule has 0 bridgehead atoms. The number of aryl methyl sites for hydroxylation is 1. The molecule has 2 aromatic carbocycles. The van der Waals surface area contributed by atoms with E-state index in [0.717, 1.165) is 21.3 Å². The second-order valence-electron chi connectivity index (χ2n) is 4.84. The largest absolute Gasteiger partial charge is 0.356 e. The molecule has 0 saturated carbocycles. The van der Waals surface area contributed by atoms with Gasteiger partial charge < -0.3 is 10.6 Å². The summed E-state index contributed by atoms with van der Waals surface area (Å²) in [7, 11) is 0. The molecule has 2 aromatic rings. The van der Waals surface area contributed by atoms with E-state index in [0.29, 0.717) is 5.11 Å². The van der Waals surface area contributed by atoms with Crippen LogP contribution in [0.2, 0.25) is 0 Å². The zero-order valence-electron chi connectivity index (χ0n) is 11.8. The van der Waals surface area contributed by atoms with Gasteiger partial charge in [0.25, 0.3) is 0 Å². The second-order valence-corrected chi connectivity index (χ2v) is 6.10. The van der Waals surface area contributed by atoms with Crippen LogP contribution in [0.1, 0.15) is 24.1 Å². The summed E-state index contributed by atoms with van der Waals surface area (Å²) in [6, 6.07) is 12.3.